The minimum atomic E-state index is 0.301. The van der Waals surface area contributed by atoms with Gasteiger partial charge in [0.1, 0.15) is 0 Å². The number of nitrogens with zero attached hydrogens (tertiary/aromatic N) is 3. The molecule has 4 rings (SSSR count). The van der Waals surface area contributed by atoms with Crippen LogP contribution in [-0.2, 0) is 17.8 Å². The Morgan fingerprint density at radius 2 is 1.93 bits per heavy atom. The summed E-state index contributed by atoms with van der Waals surface area (Å²) in [6, 6.07) is 6.66. The topological polar surface area (TPSA) is 48.8 Å². The van der Waals surface area contributed by atoms with E-state index in [1.807, 2.05) is 18.3 Å². The van der Waals surface area contributed by atoms with Crippen LogP contribution in [0.2, 0.25) is 0 Å². The highest BCUT2D eigenvalue weighted by Crippen LogP contribution is 2.32. The molecular weight excluding hydrogens is 378 g/mol. The van der Waals surface area contributed by atoms with Gasteiger partial charge in [0.2, 0.25) is 0 Å². The molecule has 6 heteroatoms. The third kappa shape index (κ3) is 5.16. The van der Waals surface area contributed by atoms with Crippen molar-refractivity contribution in [2.24, 2.45) is 0 Å². The summed E-state index contributed by atoms with van der Waals surface area (Å²) in [5, 5.41) is 4.71. The second kappa shape index (κ2) is 10.3. The first-order valence-corrected chi connectivity index (χ1v) is 11.3. The van der Waals surface area contributed by atoms with Gasteiger partial charge >= 0.3 is 0 Å². The number of ether oxygens (including phenoxy) is 3. The van der Waals surface area contributed by atoms with Gasteiger partial charge in [-0.15, -0.1) is 0 Å². The van der Waals surface area contributed by atoms with Gasteiger partial charge in [-0.05, 0) is 31.7 Å². The van der Waals surface area contributed by atoms with Crippen LogP contribution in [0.3, 0.4) is 0 Å². The fraction of sp³-hybridized carbons (Fsp3) is 0.625. The van der Waals surface area contributed by atoms with Crippen LogP contribution in [0.1, 0.15) is 62.1 Å². The quantitative estimate of drug-likeness (QED) is 0.602. The van der Waals surface area contributed by atoms with Crippen LogP contribution in [0.25, 0.3) is 0 Å². The lowest BCUT2D eigenvalue weighted by molar-refractivity contribution is 0.0676. The van der Waals surface area contributed by atoms with Crippen molar-refractivity contribution < 1.29 is 14.2 Å². The maximum Gasteiger partial charge on any atom is 0.165 e. The fourth-order valence-corrected chi connectivity index (χ4v) is 4.84. The van der Waals surface area contributed by atoms with E-state index >= 15 is 0 Å². The molecule has 6 nitrogen and oxygen atoms in total. The number of aromatic nitrogens is 2. The average molecular weight is 414 g/mol. The van der Waals surface area contributed by atoms with Crippen molar-refractivity contribution in [3.05, 3.63) is 41.7 Å². The average Bonchev–Trinajstić information content (AvgIpc) is 3.46. The number of hydrogen-bond donors (Lipinski definition) is 0. The molecule has 164 valence electrons. The van der Waals surface area contributed by atoms with Gasteiger partial charge in [0.05, 0.1) is 32.6 Å². The van der Waals surface area contributed by atoms with Crippen LogP contribution >= 0.6 is 0 Å². The molecule has 0 radical (unpaired) electrons. The van der Waals surface area contributed by atoms with Crippen LogP contribution in [0, 0.1) is 0 Å². The molecule has 1 atom stereocenters. The number of benzene rings is 1. The lowest BCUT2D eigenvalue weighted by atomic mass is 9.96. The Balaban J connectivity index is 1.49. The van der Waals surface area contributed by atoms with Crippen molar-refractivity contribution in [1.82, 2.24) is 14.7 Å². The van der Waals surface area contributed by atoms with E-state index in [9.17, 15) is 0 Å². The molecular formula is C24H35N3O3. The second-order valence-electron chi connectivity index (χ2n) is 8.58. The molecule has 1 aliphatic carbocycles. The molecule has 1 saturated carbocycles. The van der Waals surface area contributed by atoms with E-state index in [0.717, 1.165) is 56.1 Å². The maximum atomic E-state index is 5.94. The van der Waals surface area contributed by atoms with Gasteiger partial charge in [0, 0.05) is 43.6 Å². The molecule has 30 heavy (non-hydrogen) atoms. The Bertz CT molecular complexity index is 795. The van der Waals surface area contributed by atoms with E-state index in [1.54, 1.807) is 14.2 Å². The zero-order chi connectivity index (χ0) is 20.8. The largest absolute Gasteiger partial charge is 0.493 e. The molecule has 0 N–H and O–H groups in total. The highest BCUT2D eigenvalue weighted by molar-refractivity contribution is 5.46. The Labute approximate surface area is 180 Å². The molecule has 1 unspecified atom stereocenters. The van der Waals surface area contributed by atoms with Crippen molar-refractivity contribution in [2.75, 3.05) is 27.4 Å². The predicted molar refractivity (Wildman–Crippen MR) is 117 cm³/mol. The summed E-state index contributed by atoms with van der Waals surface area (Å²) in [6.07, 6.45) is 13.4. The van der Waals surface area contributed by atoms with E-state index in [4.69, 9.17) is 19.3 Å². The minimum Gasteiger partial charge on any atom is -0.493 e. The molecule has 0 amide bonds. The van der Waals surface area contributed by atoms with Crippen molar-refractivity contribution in [3.8, 4) is 11.5 Å². The Morgan fingerprint density at radius 1 is 1.07 bits per heavy atom. The van der Waals surface area contributed by atoms with Crippen molar-refractivity contribution >= 4 is 0 Å². The van der Waals surface area contributed by atoms with E-state index in [2.05, 4.69) is 21.8 Å². The zero-order valence-electron chi connectivity index (χ0n) is 18.4. The van der Waals surface area contributed by atoms with Crippen LogP contribution < -0.4 is 9.47 Å². The summed E-state index contributed by atoms with van der Waals surface area (Å²) in [6.45, 7) is 3.43. The second-order valence-corrected chi connectivity index (χ2v) is 8.58. The predicted octanol–water partition coefficient (Wildman–Crippen LogP) is 4.59. The standard InChI is InChI=1S/C24H35N3O3/c1-28-23-12-6-8-20(24(23)29-2)17-26(18-22-11-7-13-30-22)15-19-14-25-27(16-19)21-9-4-3-5-10-21/h6,8,12,14,16,21-22H,3-5,7,9-11,13,15,17-18H2,1-2H3. The summed E-state index contributed by atoms with van der Waals surface area (Å²) in [7, 11) is 3.39. The van der Waals surface area contributed by atoms with Gasteiger partial charge in [0.25, 0.3) is 0 Å². The molecule has 0 bridgehead atoms. The minimum absolute atomic E-state index is 0.301. The van der Waals surface area contributed by atoms with Crippen LogP contribution in [0.15, 0.2) is 30.6 Å². The fourth-order valence-electron chi connectivity index (χ4n) is 4.84. The molecule has 0 spiro atoms. The van der Waals surface area contributed by atoms with Gasteiger partial charge in [-0.25, -0.2) is 0 Å². The number of methoxy groups -OCH3 is 2. The summed E-state index contributed by atoms with van der Waals surface area (Å²) < 4.78 is 19.3. The summed E-state index contributed by atoms with van der Waals surface area (Å²) in [5.41, 5.74) is 2.40. The van der Waals surface area contributed by atoms with Crippen molar-refractivity contribution in [2.45, 2.75) is 70.2 Å². The van der Waals surface area contributed by atoms with Crippen molar-refractivity contribution in [3.63, 3.8) is 0 Å². The number of hydrogen-bond acceptors (Lipinski definition) is 5. The highest BCUT2D eigenvalue weighted by Gasteiger charge is 2.22. The first kappa shape index (κ1) is 21.2. The lowest BCUT2D eigenvalue weighted by Gasteiger charge is -2.26. The Hall–Kier alpha value is -2.05. The SMILES string of the molecule is COc1cccc(CN(Cc2cnn(C3CCCCC3)c2)CC2CCCO2)c1OC. The van der Waals surface area contributed by atoms with Gasteiger partial charge < -0.3 is 14.2 Å². The maximum absolute atomic E-state index is 5.94. The van der Waals surface area contributed by atoms with Gasteiger partial charge in [-0.2, -0.15) is 5.10 Å². The molecule has 1 aromatic carbocycles. The monoisotopic (exact) mass is 413 g/mol. The van der Waals surface area contributed by atoms with Crippen LogP contribution in [-0.4, -0.2) is 48.2 Å². The summed E-state index contributed by atoms with van der Waals surface area (Å²) >= 11 is 0. The highest BCUT2D eigenvalue weighted by atomic mass is 16.5. The lowest BCUT2D eigenvalue weighted by Crippen LogP contribution is -2.31. The molecule has 2 aromatic rings. The zero-order valence-corrected chi connectivity index (χ0v) is 18.4. The molecule has 1 saturated heterocycles. The molecule has 1 aliphatic heterocycles. The first-order chi connectivity index (χ1) is 14.8. The molecule has 2 heterocycles. The van der Waals surface area contributed by atoms with Crippen LogP contribution in [0.5, 0.6) is 11.5 Å². The van der Waals surface area contributed by atoms with E-state index < -0.39 is 0 Å². The number of rotatable bonds is 9. The summed E-state index contributed by atoms with van der Waals surface area (Å²) in [5.74, 6) is 1.59. The molecule has 1 aromatic heterocycles. The van der Waals surface area contributed by atoms with Crippen LogP contribution in [0.4, 0.5) is 0 Å². The Morgan fingerprint density at radius 3 is 2.67 bits per heavy atom. The smallest absolute Gasteiger partial charge is 0.165 e. The first-order valence-electron chi connectivity index (χ1n) is 11.3. The van der Waals surface area contributed by atoms with E-state index in [0.29, 0.717) is 12.1 Å². The van der Waals surface area contributed by atoms with E-state index in [-0.39, 0.29) is 0 Å². The van der Waals surface area contributed by atoms with Gasteiger partial charge in [0.15, 0.2) is 11.5 Å². The van der Waals surface area contributed by atoms with E-state index in [1.165, 1.54) is 37.7 Å². The molecule has 2 fully saturated rings. The molecule has 2 aliphatic rings. The normalized spacial score (nSPS) is 20.0. The third-order valence-electron chi connectivity index (χ3n) is 6.37. The third-order valence-corrected chi connectivity index (χ3v) is 6.37. The van der Waals surface area contributed by atoms with Crippen molar-refractivity contribution in [1.29, 1.82) is 0 Å². The van der Waals surface area contributed by atoms with Gasteiger partial charge in [-0.1, -0.05) is 31.4 Å². The number of para-hydroxylation sites is 1. The van der Waals surface area contributed by atoms with Gasteiger partial charge in [-0.3, -0.25) is 9.58 Å². The Kier molecular flexibility index (Phi) is 7.28. The summed E-state index contributed by atoms with van der Waals surface area (Å²) in [4.78, 5) is 2.45.